The number of rotatable bonds is 5. The van der Waals surface area contributed by atoms with Gasteiger partial charge in [0.15, 0.2) is 0 Å². The molecule has 2 aromatic rings. The lowest BCUT2D eigenvalue weighted by atomic mass is 9.95. The minimum Gasteiger partial charge on any atom is -0.348 e. The van der Waals surface area contributed by atoms with Gasteiger partial charge in [-0.25, -0.2) is 0 Å². The molecule has 1 aromatic heterocycles. The maximum Gasteiger partial charge on any atom is 0.243 e. The van der Waals surface area contributed by atoms with Crippen LogP contribution in [-0.2, 0) is 16.1 Å². The second kappa shape index (κ2) is 7.22. The average molecular weight is 365 g/mol. The van der Waals surface area contributed by atoms with Crippen LogP contribution in [0.25, 0.3) is 0 Å². The van der Waals surface area contributed by atoms with Crippen molar-refractivity contribution in [2.45, 2.75) is 39.3 Å². The molecular weight excluding hydrogens is 338 g/mol. The summed E-state index contributed by atoms with van der Waals surface area (Å²) < 4.78 is 2.23. The van der Waals surface area contributed by atoms with E-state index in [-0.39, 0.29) is 30.3 Å². The van der Waals surface area contributed by atoms with E-state index >= 15 is 0 Å². The molecule has 5 nitrogen and oxygen atoms in total. The third-order valence-electron chi connectivity index (χ3n) is 5.79. The Hall–Kier alpha value is -2.56. The maximum atomic E-state index is 13.3. The van der Waals surface area contributed by atoms with Crippen LogP contribution in [0.4, 0.5) is 0 Å². The second-order valence-corrected chi connectivity index (χ2v) is 7.60. The molecule has 0 saturated heterocycles. The molecule has 0 spiro atoms. The van der Waals surface area contributed by atoms with Gasteiger partial charge in [-0.1, -0.05) is 24.3 Å². The van der Waals surface area contributed by atoms with E-state index in [0.29, 0.717) is 13.1 Å². The molecule has 1 fully saturated rings. The van der Waals surface area contributed by atoms with Crippen LogP contribution in [0.15, 0.2) is 42.6 Å². The summed E-state index contributed by atoms with van der Waals surface area (Å²) in [6.45, 7) is 6.26. The van der Waals surface area contributed by atoms with Crippen molar-refractivity contribution in [3.63, 3.8) is 0 Å². The van der Waals surface area contributed by atoms with Gasteiger partial charge in [0.25, 0.3) is 0 Å². The predicted molar refractivity (Wildman–Crippen MR) is 104 cm³/mol. The molecule has 142 valence electrons. The van der Waals surface area contributed by atoms with Crippen LogP contribution >= 0.6 is 0 Å². The van der Waals surface area contributed by atoms with Crippen molar-refractivity contribution in [1.82, 2.24) is 14.4 Å². The van der Waals surface area contributed by atoms with Crippen LogP contribution in [0.5, 0.6) is 0 Å². The molecule has 4 rings (SSSR count). The fourth-order valence-electron chi connectivity index (χ4n) is 4.06. The number of nitrogens with zero attached hydrogens (tertiary/aromatic N) is 3. The zero-order valence-corrected chi connectivity index (χ0v) is 16.1. The van der Waals surface area contributed by atoms with Gasteiger partial charge in [0, 0.05) is 37.4 Å². The van der Waals surface area contributed by atoms with Gasteiger partial charge in [-0.15, -0.1) is 0 Å². The Balaban J connectivity index is 1.63. The second-order valence-electron chi connectivity index (χ2n) is 7.60. The van der Waals surface area contributed by atoms with E-state index in [0.717, 1.165) is 30.6 Å². The zero-order valence-electron chi connectivity index (χ0n) is 16.1. The monoisotopic (exact) mass is 365 g/mol. The minimum atomic E-state index is -0.0998. The van der Waals surface area contributed by atoms with E-state index in [1.807, 2.05) is 30.0 Å². The van der Waals surface area contributed by atoms with Crippen molar-refractivity contribution < 1.29 is 9.59 Å². The number of aromatic nitrogens is 1. The summed E-state index contributed by atoms with van der Waals surface area (Å²) in [5, 5.41) is 0. The highest BCUT2D eigenvalue weighted by molar-refractivity contribution is 5.87. The molecular formula is C22H27N3O2. The highest BCUT2D eigenvalue weighted by atomic mass is 16.2. The van der Waals surface area contributed by atoms with Crippen LogP contribution in [0.3, 0.4) is 0 Å². The van der Waals surface area contributed by atoms with Gasteiger partial charge in [-0.3, -0.25) is 9.59 Å². The molecule has 2 amide bonds. The predicted octanol–water partition coefficient (Wildman–Crippen LogP) is 2.99. The van der Waals surface area contributed by atoms with Crippen molar-refractivity contribution in [2.75, 3.05) is 19.6 Å². The van der Waals surface area contributed by atoms with Gasteiger partial charge in [0.05, 0.1) is 12.6 Å². The number of hydrogen-bond acceptors (Lipinski definition) is 2. The van der Waals surface area contributed by atoms with E-state index < -0.39 is 0 Å². The summed E-state index contributed by atoms with van der Waals surface area (Å²) in [4.78, 5) is 29.4. The van der Waals surface area contributed by atoms with Gasteiger partial charge >= 0.3 is 0 Å². The summed E-state index contributed by atoms with van der Waals surface area (Å²) >= 11 is 0. The Morgan fingerprint density at radius 3 is 2.59 bits per heavy atom. The van der Waals surface area contributed by atoms with Crippen LogP contribution in [0.1, 0.15) is 42.6 Å². The summed E-state index contributed by atoms with van der Waals surface area (Å²) in [5.74, 6) is 0.314. The Bertz CT molecular complexity index is 853. The summed E-state index contributed by atoms with van der Waals surface area (Å²) in [6, 6.07) is 12.3. The molecule has 0 bridgehead atoms. The third kappa shape index (κ3) is 3.38. The van der Waals surface area contributed by atoms with E-state index in [9.17, 15) is 9.59 Å². The SMILES string of the molecule is CCN(CC(=O)N1CCn2cccc2[C@@H]1c1ccccc1C)C(=O)C1CC1. The number of fused-ring (bicyclic) bond motifs is 1. The molecule has 2 heterocycles. The number of amides is 2. The van der Waals surface area contributed by atoms with Gasteiger partial charge in [0.2, 0.25) is 11.8 Å². The Kier molecular flexibility index (Phi) is 4.77. The molecule has 1 aliphatic heterocycles. The number of likely N-dealkylation sites (N-methyl/N-ethyl adjacent to an activating group) is 1. The first-order valence-corrected chi connectivity index (χ1v) is 9.89. The molecule has 1 aliphatic carbocycles. The van der Waals surface area contributed by atoms with Crippen molar-refractivity contribution in [2.24, 2.45) is 5.92 Å². The van der Waals surface area contributed by atoms with Crippen molar-refractivity contribution >= 4 is 11.8 Å². The molecule has 1 aromatic carbocycles. The van der Waals surface area contributed by atoms with Crippen molar-refractivity contribution in [1.29, 1.82) is 0 Å². The van der Waals surface area contributed by atoms with Crippen molar-refractivity contribution in [3.8, 4) is 0 Å². The molecule has 0 N–H and O–H groups in total. The molecule has 1 saturated carbocycles. The highest BCUT2D eigenvalue weighted by Crippen LogP contribution is 2.35. The molecule has 0 unspecified atom stereocenters. The van der Waals surface area contributed by atoms with E-state index in [2.05, 4.69) is 35.9 Å². The van der Waals surface area contributed by atoms with E-state index in [1.54, 1.807) is 4.90 Å². The fraction of sp³-hybridized carbons (Fsp3) is 0.455. The van der Waals surface area contributed by atoms with Crippen LogP contribution in [-0.4, -0.2) is 45.8 Å². The Morgan fingerprint density at radius 2 is 1.89 bits per heavy atom. The van der Waals surface area contributed by atoms with Gasteiger partial charge in [-0.2, -0.15) is 0 Å². The quantitative estimate of drug-likeness (QED) is 0.818. The fourth-order valence-corrected chi connectivity index (χ4v) is 4.06. The third-order valence-corrected chi connectivity index (χ3v) is 5.79. The van der Waals surface area contributed by atoms with Gasteiger partial charge in [0.1, 0.15) is 0 Å². The molecule has 2 aliphatic rings. The number of hydrogen-bond donors (Lipinski definition) is 0. The first-order valence-electron chi connectivity index (χ1n) is 9.89. The largest absolute Gasteiger partial charge is 0.348 e. The number of benzene rings is 1. The number of aryl methyl sites for hydroxylation is 1. The molecule has 1 atom stereocenters. The van der Waals surface area contributed by atoms with E-state index in [1.165, 1.54) is 5.56 Å². The summed E-state index contributed by atoms with van der Waals surface area (Å²) in [7, 11) is 0. The zero-order chi connectivity index (χ0) is 19.0. The number of carbonyl (C=O) groups excluding carboxylic acids is 2. The lowest BCUT2D eigenvalue weighted by Crippen LogP contribution is -2.48. The lowest BCUT2D eigenvalue weighted by Gasteiger charge is -2.39. The lowest BCUT2D eigenvalue weighted by molar-refractivity contribution is -0.142. The van der Waals surface area contributed by atoms with Gasteiger partial charge < -0.3 is 14.4 Å². The number of carbonyl (C=O) groups is 2. The van der Waals surface area contributed by atoms with Crippen molar-refractivity contribution in [3.05, 3.63) is 59.4 Å². The molecule has 0 radical (unpaired) electrons. The van der Waals surface area contributed by atoms with E-state index in [4.69, 9.17) is 0 Å². The van der Waals surface area contributed by atoms with Crippen LogP contribution in [0.2, 0.25) is 0 Å². The molecule has 27 heavy (non-hydrogen) atoms. The molecule has 5 heteroatoms. The highest BCUT2D eigenvalue weighted by Gasteiger charge is 2.37. The smallest absolute Gasteiger partial charge is 0.243 e. The first kappa shape index (κ1) is 17.8. The Labute approximate surface area is 160 Å². The normalized spacial score (nSPS) is 18.9. The standard InChI is InChI=1S/C22H27N3O2/c1-3-23(22(27)17-10-11-17)15-20(26)25-14-13-24-12-6-9-19(24)21(25)18-8-5-4-7-16(18)2/h4-9,12,17,21H,3,10-11,13-15H2,1-2H3/t21-/m0/s1. The first-order chi connectivity index (χ1) is 13.1. The topological polar surface area (TPSA) is 45.6 Å². The average Bonchev–Trinajstić information content (AvgIpc) is 3.42. The summed E-state index contributed by atoms with van der Waals surface area (Å²) in [5.41, 5.74) is 3.47. The van der Waals surface area contributed by atoms with Crippen LogP contribution < -0.4 is 0 Å². The van der Waals surface area contributed by atoms with Crippen LogP contribution in [0, 0.1) is 12.8 Å². The minimum absolute atomic E-state index is 0.0338. The van der Waals surface area contributed by atoms with Gasteiger partial charge in [-0.05, 0) is 49.9 Å². The Morgan fingerprint density at radius 1 is 1.11 bits per heavy atom. The summed E-state index contributed by atoms with van der Waals surface area (Å²) in [6.07, 6.45) is 4.01. The maximum absolute atomic E-state index is 13.3.